The largest absolute Gasteiger partial charge is 0.493 e. The molecule has 0 amide bonds. The molecule has 21 heavy (non-hydrogen) atoms. The Bertz CT molecular complexity index is 440. The molecule has 1 aliphatic rings. The predicted molar refractivity (Wildman–Crippen MR) is 88.7 cm³/mol. The van der Waals surface area contributed by atoms with Gasteiger partial charge in [-0.2, -0.15) is 0 Å². The monoisotopic (exact) mass is 314 g/mol. The molecule has 1 aromatic rings. The van der Waals surface area contributed by atoms with Crippen molar-refractivity contribution in [2.24, 2.45) is 0 Å². The van der Waals surface area contributed by atoms with Gasteiger partial charge in [-0.15, -0.1) is 12.4 Å². The summed E-state index contributed by atoms with van der Waals surface area (Å²) in [5.74, 6) is 1.70. The summed E-state index contributed by atoms with van der Waals surface area (Å²) in [5, 5.41) is 3.47. The van der Waals surface area contributed by atoms with Crippen molar-refractivity contribution in [1.29, 1.82) is 0 Å². The molecule has 1 N–H and O–H groups in total. The first kappa shape index (κ1) is 18.1. The lowest BCUT2D eigenvalue weighted by Crippen LogP contribution is -2.48. The van der Waals surface area contributed by atoms with E-state index in [0.717, 1.165) is 37.7 Å². The van der Waals surface area contributed by atoms with Crippen LogP contribution in [-0.4, -0.2) is 43.8 Å². The van der Waals surface area contributed by atoms with Crippen LogP contribution in [0.15, 0.2) is 18.2 Å². The van der Waals surface area contributed by atoms with Crippen molar-refractivity contribution < 1.29 is 9.47 Å². The topological polar surface area (TPSA) is 33.7 Å². The zero-order valence-electron chi connectivity index (χ0n) is 13.4. The Hall–Kier alpha value is -0.970. The minimum atomic E-state index is 0. The van der Waals surface area contributed by atoms with Crippen molar-refractivity contribution in [3.8, 4) is 11.5 Å². The van der Waals surface area contributed by atoms with E-state index < -0.39 is 0 Å². The van der Waals surface area contributed by atoms with Crippen molar-refractivity contribution in [1.82, 2.24) is 10.2 Å². The Morgan fingerprint density at radius 3 is 2.76 bits per heavy atom. The van der Waals surface area contributed by atoms with Gasteiger partial charge in [-0.3, -0.25) is 4.90 Å². The fourth-order valence-corrected chi connectivity index (χ4v) is 2.61. The van der Waals surface area contributed by atoms with Gasteiger partial charge >= 0.3 is 0 Å². The van der Waals surface area contributed by atoms with E-state index in [1.807, 2.05) is 26.0 Å². The normalized spacial score (nSPS) is 19.2. The predicted octanol–water partition coefficient (Wildman–Crippen LogP) is 2.70. The molecule has 0 aliphatic carbocycles. The maximum absolute atomic E-state index is 5.97. The number of hydrogen-bond acceptors (Lipinski definition) is 4. The molecular formula is C16H27ClN2O2. The first-order chi connectivity index (χ1) is 9.60. The molecular weight excluding hydrogens is 288 g/mol. The van der Waals surface area contributed by atoms with Crippen LogP contribution < -0.4 is 14.8 Å². The summed E-state index contributed by atoms with van der Waals surface area (Å²) >= 11 is 0. The number of halogens is 1. The van der Waals surface area contributed by atoms with E-state index >= 15 is 0 Å². The second kappa shape index (κ2) is 8.47. The fraction of sp³-hybridized carbons (Fsp3) is 0.625. The highest BCUT2D eigenvalue weighted by molar-refractivity contribution is 5.85. The van der Waals surface area contributed by atoms with Gasteiger partial charge in [-0.25, -0.2) is 0 Å². The van der Waals surface area contributed by atoms with Crippen molar-refractivity contribution in [2.75, 3.05) is 26.7 Å². The molecule has 1 heterocycles. The quantitative estimate of drug-likeness (QED) is 0.906. The summed E-state index contributed by atoms with van der Waals surface area (Å²) in [6, 6.07) is 6.67. The lowest BCUT2D eigenvalue weighted by Gasteiger charge is -2.32. The van der Waals surface area contributed by atoms with Crippen molar-refractivity contribution in [3.05, 3.63) is 23.8 Å². The van der Waals surface area contributed by atoms with Crippen LogP contribution in [0.5, 0.6) is 11.5 Å². The molecule has 1 aliphatic heterocycles. The number of hydrogen-bond donors (Lipinski definition) is 1. The highest BCUT2D eigenvalue weighted by Crippen LogP contribution is 2.32. The van der Waals surface area contributed by atoms with Gasteiger partial charge in [-0.1, -0.05) is 12.1 Å². The van der Waals surface area contributed by atoms with Gasteiger partial charge in [0.05, 0.1) is 13.2 Å². The SMILES string of the molecule is COc1cccc(CN2CCN[C@H](C)C2)c1OC(C)C.Cl. The van der Waals surface area contributed by atoms with Crippen LogP contribution in [-0.2, 0) is 6.54 Å². The summed E-state index contributed by atoms with van der Waals surface area (Å²) in [7, 11) is 1.69. The van der Waals surface area contributed by atoms with Gasteiger partial charge in [0.15, 0.2) is 11.5 Å². The van der Waals surface area contributed by atoms with E-state index in [1.165, 1.54) is 5.56 Å². The number of nitrogens with one attached hydrogen (secondary N) is 1. The highest BCUT2D eigenvalue weighted by atomic mass is 35.5. The third-order valence-electron chi connectivity index (χ3n) is 3.48. The maximum atomic E-state index is 5.97. The summed E-state index contributed by atoms with van der Waals surface area (Å²) in [5.41, 5.74) is 1.20. The van der Waals surface area contributed by atoms with E-state index in [1.54, 1.807) is 7.11 Å². The van der Waals surface area contributed by atoms with Crippen molar-refractivity contribution in [2.45, 2.75) is 39.5 Å². The molecule has 120 valence electrons. The minimum absolute atomic E-state index is 0. The smallest absolute Gasteiger partial charge is 0.166 e. The molecule has 0 radical (unpaired) electrons. The molecule has 1 saturated heterocycles. The lowest BCUT2D eigenvalue weighted by molar-refractivity contribution is 0.189. The molecule has 0 saturated carbocycles. The number of para-hydroxylation sites is 1. The fourth-order valence-electron chi connectivity index (χ4n) is 2.61. The van der Waals surface area contributed by atoms with Crippen LogP contribution in [0.25, 0.3) is 0 Å². The molecule has 0 spiro atoms. The minimum Gasteiger partial charge on any atom is -0.493 e. The summed E-state index contributed by atoms with van der Waals surface area (Å²) in [6.07, 6.45) is 0.145. The maximum Gasteiger partial charge on any atom is 0.166 e. The number of ether oxygens (including phenoxy) is 2. The van der Waals surface area contributed by atoms with Crippen molar-refractivity contribution >= 4 is 12.4 Å². The van der Waals surface area contributed by atoms with E-state index in [0.29, 0.717) is 6.04 Å². The van der Waals surface area contributed by atoms with E-state index in [9.17, 15) is 0 Å². The van der Waals surface area contributed by atoms with Crippen LogP contribution in [0.4, 0.5) is 0 Å². The van der Waals surface area contributed by atoms with Gasteiger partial charge in [0, 0.05) is 37.8 Å². The Morgan fingerprint density at radius 1 is 1.38 bits per heavy atom. The number of piperazine rings is 1. The average Bonchev–Trinajstić information content (AvgIpc) is 2.40. The van der Waals surface area contributed by atoms with E-state index in [2.05, 4.69) is 23.2 Å². The summed E-state index contributed by atoms with van der Waals surface area (Å²) in [4.78, 5) is 2.46. The Kier molecular flexibility index (Phi) is 7.29. The highest BCUT2D eigenvalue weighted by Gasteiger charge is 2.19. The zero-order chi connectivity index (χ0) is 14.5. The van der Waals surface area contributed by atoms with Crippen molar-refractivity contribution in [3.63, 3.8) is 0 Å². The molecule has 1 atom stereocenters. The third-order valence-corrected chi connectivity index (χ3v) is 3.48. The second-order valence-electron chi connectivity index (χ2n) is 5.71. The molecule has 0 unspecified atom stereocenters. The third kappa shape index (κ3) is 5.06. The van der Waals surface area contributed by atoms with Gasteiger partial charge in [0.1, 0.15) is 0 Å². The number of nitrogens with zero attached hydrogens (tertiary/aromatic N) is 1. The van der Waals surface area contributed by atoms with Gasteiger partial charge < -0.3 is 14.8 Å². The van der Waals surface area contributed by atoms with Crippen LogP contribution in [0.2, 0.25) is 0 Å². The number of rotatable bonds is 5. The van der Waals surface area contributed by atoms with E-state index in [4.69, 9.17) is 9.47 Å². The average molecular weight is 315 g/mol. The summed E-state index contributed by atoms with van der Waals surface area (Å²) in [6.45, 7) is 10.4. The second-order valence-corrected chi connectivity index (χ2v) is 5.71. The zero-order valence-corrected chi connectivity index (χ0v) is 14.2. The molecule has 0 aromatic heterocycles. The molecule has 0 bridgehead atoms. The number of methoxy groups -OCH3 is 1. The van der Waals surface area contributed by atoms with Crippen LogP contribution in [0, 0.1) is 0 Å². The molecule has 4 nitrogen and oxygen atoms in total. The van der Waals surface area contributed by atoms with E-state index in [-0.39, 0.29) is 18.5 Å². The molecule has 2 rings (SSSR count). The molecule has 1 fully saturated rings. The lowest BCUT2D eigenvalue weighted by atomic mass is 10.1. The first-order valence-corrected chi connectivity index (χ1v) is 7.38. The standard InChI is InChI=1S/C16H26N2O2.ClH/c1-12(2)20-16-14(6-5-7-15(16)19-4)11-18-9-8-17-13(3)10-18;/h5-7,12-13,17H,8-11H2,1-4H3;1H/t13-;/m1./s1. The molecule has 1 aromatic carbocycles. The van der Waals surface area contributed by atoms with Gasteiger partial charge in [0.25, 0.3) is 0 Å². The Labute approximate surface area is 134 Å². The Balaban J connectivity index is 0.00000220. The molecule has 5 heteroatoms. The van der Waals surface area contributed by atoms with Gasteiger partial charge in [-0.05, 0) is 26.8 Å². The first-order valence-electron chi connectivity index (χ1n) is 7.38. The Morgan fingerprint density at radius 2 is 2.14 bits per heavy atom. The van der Waals surface area contributed by atoms with Crippen LogP contribution in [0.3, 0.4) is 0 Å². The van der Waals surface area contributed by atoms with Crippen LogP contribution in [0.1, 0.15) is 26.3 Å². The van der Waals surface area contributed by atoms with Gasteiger partial charge in [0.2, 0.25) is 0 Å². The number of benzene rings is 1. The summed E-state index contributed by atoms with van der Waals surface area (Å²) < 4.78 is 11.4. The van der Waals surface area contributed by atoms with Crippen LogP contribution >= 0.6 is 12.4 Å².